The molecule has 0 aliphatic carbocycles. The van der Waals surface area contributed by atoms with Crippen molar-refractivity contribution in [2.24, 2.45) is 0 Å². The molecule has 0 atom stereocenters. The summed E-state index contributed by atoms with van der Waals surface area (Å²) in [5.41, 5.74) is 2.95. The molecule has 0 bridgehead atoms. The van der Waals surface area contributed by atoms with Gasteiger partial charge in [0.1, 0.15) is 5.75 Å². The molecule has 1 heterocycles. The van der Waals surface area contributed by atoms with Gasteiger partial charge in [-0.1, -0.05) is 32.6 Å². The molecule has 1 saturated heterocycles. The predicted molar refractivity (Wildman–Crippen MR) is 128 cm³/mol. The fourth-order valence-corrected chi connectivity index (χ4v) is 4.02. The second kappa shape index (κ2) is 8.79. The lowest BCUT2D eigenvalue weighted by Gasteiger charge is -2.29. The maximum atomic E-state index is 12.4. The lowest BCUT2D eigenvalue weighted by molar-refractivity contribution is -0.120. The number of phenolic OH excluding ortho intramolecular Hbond substituents is 1. The predicted octanol–water partition coefficient (Wildman–Crippen LogP) is 3.22. The Morgan fingerprint density at radius 2 is 1.76 bits per heavy atom. The average Bonchev–Trinajstić information content (AvgIpc) is 2.66. The Morgan fingerprint density at radius 3 is 2.33 bits per heavy atom. The van der Waals surface area contributed by atoms with Crippen LogP contribution in [0.5, 0.6) is 5.75 Å². The fraction of sp³-hybridized carbons (Fsp3) is 0.333. The van der Waals surface area contributed by atoms with E-state index in [1.54, 1.807) is 30.3 Å². The molecule has 8 nitrogen and oxygen atoms in total. The van der Waals surface area contributed by atoms with E-state index in [-0.39, 0.29) is 24.6 Å². The van der Waals surface area contributed by atoms with E-state index in [1.807, 2.05) is 27.7 Å². The van der Waals surface area contributed by atoms with Gasteiger partial charge in [0, 0.05) is 35.5 Å². The Bertz CT molecular complexity index is 1300. The molecule has 0 unspecified atom stereocenters. The second-order valence-electron chi connectivity index (χ2n) is 9.05. The number of imide groups is 1. The molecule has 0 saturated carbocycles. The number of amides is 3. The highest BCUT2D eigenvalue weighted by Gasteiger charge is 2.28. The van der Waals surface area contributed by atoms with Gasteiger partial charge in [0.05, 0.1) is 11.8 Å². The molecule has 3 N–H and O–H groups in total. The first-order valence-electron chi connectivity index (χ1n) is 10.3. The van der Waals surface area contributed by atoms with E-state index >= 15 is 0 Å². The van der Waals surface area contributed by atoms with Crippen molar-refractivity contribution in [1.82, 2.24) is 5.32 Å². The van der Waals surface area contributed by atoms with Crippen LogP contribution < -0.4 is 14.9 Å². The van der Waals surface area contributed by atoms with Crippen LogP contribution in [0.1, 0.15) is 49.4 Å². The number of phenols is 1. The minimum absolute atomic E-state index is 0.0280. The molecule has 2 aromatic rings. The van der Waals surface area contributed by atoms with Gasteiger partial charge in [-0.2, -0.15) is 0 Å². The number of aromatic hydroxyl groups is 1. The summed E-state index contributed by atoms with van der Waals surface area (Å²) in [7, 11) is -3.39. The van der Waals surface area contributed by atoms with E-state index in [0.29, 0.717) is 28.1 Å². The molecule has 3 rings (SSSR count). The Hall–Kier alpha value is -3.51. The fourth-order valence-electron chi connectivity index (χ4n) is 3.47. The molecule has 174 valence electrons. The molecule has 0 aromatic heterocycles. The largest absolute Gasteiger partial charge is 0.506 e. The second-order valence-corrected chi connectivity index (χ2v) is 10.8. The number of carbonyl (C=O) groups excluding carboxylic acids is 2. The maximum Gasteiger partial charge on any atom is 0.328 e. The third kappa shape index (κ3) is 5.84. The zero-order chi connectivity index (χ0) is 24.6. The minimum atomic E-state index is -3.39. The first-order valence-corrected chi connectivity index (χ1v) is 12.2. The average molecular weight is 470 g/mol. The van der Waals surface area contributed by atoms with Crippen LogP contribution in [0.3, 0.4) is 0 Å². The summed E-state index contributed by atoms with van der Waals surface area (Å²) in [5, 5.41) is 13.2. The number of aryl methyl sites for hydroxylation is 1. The summed E-state index contributed by atoms with van der Waals surface area (Å²) >= 11 is 0. The maximum absolute atomic E-state index is 12.4. The highest BCUT2D eigenvalue weighted by atomic mass is 32.2. The summed E-state index contributed by atoms with van der Waals surface area (Å²) in [6.45, 7) is 7.88. The van der Waals surface area contributed by atoms with Gasteiger partial charge < -0.3 is 5.11 Å². The summed E-state index contributed by atoms with van der Waals surface area (Å²) < 4.78 is 25.3. The van der Waals surface area contributed by atoms with E-state index in [9.17, 15) is 23.1 Å². The van der Waals surface area contributed by atoms with Crippen LogP contribution in [0, 0.1) is 18.8 Å². The number of rotatable bonds is 3. The van der Waals surface area contributed by atoms with E-state index in [1.165, 1.54) is 4.90 Å². The third-order valence-electron chi connectivity index (χ3n) is 5.13. The Morgan fingerprint density at radius 1 is 1.09 bits per heavy atom. The van der Waals surface area contributed by atoms with Gasteiger partial charge in [0.15, 0.2) is 0 Å². The summed E-state index contributed by atoms with van der Waals surface area (Å²) in [6.07, 6.45) is 1.27. The zero-order valence-electron chi connectivity index (χ0n) is 19.2. The number of hydrogen-bond acceptors (Lipinski definition) is 5. The van der Waals surface area contributed by atoms with E-state index in [4.69, 9.17) is 0 Å². The van der Waals surface area contributed by atoms with Gasteiger partial charge in [0.25, 0.3) is 0 Å². The van der Waals surface area contributed by atoms with Gasteiger partial charge in [0.2, 0.25) is 15.9 Å². The van der Waals surface area contributed by atoms with Crippen molar-refractivity contribution in [1.29, 1.82) is 0 Å². The summed E-state index contributed by atoms with van der Waals surface area (Å²) in [6, 6.07) is 7.85. The van der Waals surface area contributed by atoms with Crippen LogP contribution >= 0.6 is 0 Å². The minimum Gasteiger partial charge on any atom is -0.506 e. The molecule has 1 fully saturated rings. The topological polar surface area (TPSA) is 116 Å². The molecule has 9 heteroatoms. The Balaban J connectivity index is 2.04. The highest BCUT2D eigenvalue weighted by Crippen LogP contribution is 2.37. The van der Waals surface area contributed by atoms with Gasteiger partial charge in [-0.05, 0) is 48.2 Å². The summed E-state index contributed by atoms with van der Waals surface area (Å²) in [5.74, 6) is 5.72. The van der Waals surface area contributed by atoms with E-state index < -0.39 is 21.5 Å². The van der Waals surface area contributed by atoms with Crippen molar-refractivity contribution < 1.29 is 23.1 Å². The molecular formula is C24H27N3O5S. The van der Waals surface area contributed by atoms with Crippen LogP contribution in [-0.4, -0.2) is 38.3 Å². The number of urea groups is 1. The van der Waals surface area contributed by atoms with Crippen LogP contribution in [0.25, 0.3) is 0 Å². The first-order chi connectivity index (χ1) is 15.2. The zero-order valence-corrected chi connectivity index (χ0v) is 20.1. The van der Waals surface area contributed by atoms with Gasteiger partial charge in [-0.15, -0.1) is 0 Å². The van der Waals surface area contributed by atoms with Crippen molar-refractivity contribution in [3.05, 3.63) is 52.6 Å². The number of benzene rings is 2. The molecule has 2 aromatic carbocycles. The molecular weight excluding hydrogens is 442 g/mol. The smallest absolute Gasteiger partial charge is 0.328 e. The molecule has 0 spiro atoms. The van der Waals surface area contributed by atoms with Crippen LogP contribution in [0.15, 0.2) is 30.3 Å². The van der Waals surface area contributed by atoms with Crippen molar-refractivity contribution in [2.75, 3.05) is 22.4 Å². The first kappa shape index (κ1) is 24.1. The monoisotopic (exact) mass is 469 g/mol. The molecule has 3 amide bonds. The van der Waals surface area contributed by atoms with Gasteiger partial charge >= 0.3 is 6.03 Å². The van der Waals surface area contributed by atoms with Crippen LogP contribution in [0.4, 0.5) is 16.2 Å². The molecule has 1 aliphatic heterocycles. The highest BCUT2D eigenvalue weighted by molar-refractivity contribution is 7.92. The van der Waals surface area contributed by atoms with Gasteiger partial charge in [-0.3, -0.25) is 19.7 Å². The number of sulfonamides is 1. The van der Waals surface area contributed by atoms with Crippen LogP contribution in [-0.2, 0) is 20.2 Å². The number of nitrogens with zero attached hydrogens (tertiary/aromatic N) is 1. The quantitative estimate of drug-likeness (QED) is 0.597. The van der Waals surface area contributed by atoms with Crippen LogP contribution in [0.2, 0.25) is 0 Å². The lowest BCUT2D eigenvalue weighted by Crippen LogP contribution is -2.49. The van der Waals surface area contributed by atoms with Crippen molar-refractivity contribution >= 4 is 33.3 Å². The lowest BCUT2D eigenvalue weighted by atomic mass is 9.84. The van der Waals surface area contributed by atoms with E-state index in [0.717, 1.165) is 11.8 Å². The number of nitrogens with one attached hydrogen (secondary N) is 2. The number of carbonyl (C=O) groups is 2. The molecule has 1 aliphatic rings. The van der Waals surface area contributed by atoms with Crippen molar-refractivity contribution in [3.8, 4) is 17.6 Å². The standard InChI is InChI=1S/C24H27N3O5S/c1-15-12-18(26-33(5,31)32)9-8-16(15)6-7-17-13-19(14-20(22(17)29)24(2,3)4)27-11-10-21(28)25-23(27)30/h8-9,12-14,26,29H,10-11H2,1-5H3,(H,25,28,30). The third-order valence-corrected chi connectivity index (χ3v) is 5.74. The molecule has 0 radical (unpaired) electrons. The Labute approximate surface area is 194 Å². The van der Waals surface area contributed by atoms with E-state index in [2.05, 4.69) is 21.9 Å². The van der Waals surface area contributed by atoms with Crippen molar-refractivity contribution in [2.45, 2.75) is 39.5 Å². The summed E-state index contributed by atoms with van der Waals surface area (Å²) in [4.78, 5) is 25.4. The number of anilines is 2. The normalized spacial score (nSPS) is 14.4. The number of hydrogen-bond donors (Lipinski definition) is 3. The molecule has 33 heavy (non-hydrogen) atoms. The Kier molecular flexibility index (Phi) is 6.43. The van der Waals surface area contributed by atoms with Gasteiger partial charge in [-0.25, -0.2) is 13.2 Å². The SMILES string of the molecule is Cc1cc(NS(C)(=O)=O)ccc1C#Cc1cc(N2CCC(=O)NC2=O)cc(C(C)(C)C)c1O. The van der Waals surface area contributed by atoms with Crippen molar-refractivity contribution in [3.63, 3.8) is 0 Å².